The zero-order valence-electron chi connectivity index (χ0n) is 34.1. The van der Waals surface area contributed by atoms with Crippen molar-refractivity contribution in [2.24, 2.45) is 0 Å². The first-order valence-corrected chi connectivity index (χ1v) is 20.0. The van der Waals surface area contributed by atoms with Crippen molar-refractivity contribution in [3.8, 4) is 5.75 Å². The van der Waals surface area contributed by atoms with Crippen LogP contribution in [-0.4, -0.2) is 37.0 Å². The van der Waals surface area contributed by atoms with Crippen LogP contribution in [0.1, 0.15) is 23.6 Å². The highest BCUT2D eigenvalue weighted by molar-refractivity contribution is 6.33. The fraction of sp³-hybridized carbons (Fsp3) is 0.106. The third-order valence-corrected chi connectivity index (χ3v) is 9.39. The Morgan fingerprint density at radius 1 is 0.443 bits per heavy atom. The molecule has 0 aliphatic rings. The van der Waals surface area contributed by atoms with Crippen molar-refractivity contribution < 1.29 is 4.74 Å². The molecule has 6 aromatic carbocycles. The van der Waals surface area contributed by atoms with Gasteiger partial charge >= 0.3 is 0 Å². The summed E-state index contributed by atoms with van der Waals surface area (Å²) in [6, 6.07) is 48.9. The normalized spacial score (nSPS) is 10.4. The number of nitrogens with one attached hydrogen (secondary N) is 6. The number of halogens is 1. The number of anilines is 12. The fourth-order valence-electron chi connectivity index (χ4n) is 6.01. The molecule has 61 heavy (non-hydrogen) atoms. The molecular formula is C47H45ClN12O. The van der Waals surface area contributed by atoms with Crippen molar-refractivity contribution in [3.05, 3.63) is 173 Å². The van der Waals surface area contributed by atoms with Crippen molar-refractivity contribution in [2.75, 3.05) is 39.0 Å². The summed E-state index contributed by atoms with van der Waals surface area (Å²) < 4.78 is 5.29. The Morgan fingerprint density at radius 3 is 1.49 bits per heavy atom. The van der Waals surface area contributed by atoms with Gasteiger partial charge in [0.25, 0.3) is 0 Å². The summed E-state index contributed by atoms with van der Waals surface area (Å²) in [4.78, 5) is 27.3. The summed E-state index contributed by atoms with van der Waals surface area (Å²) >= 11 is 6.31. The molecule has 0 unspecified atom stereocenters. The molecule has 0 aliphatic heterocycles. The van der Waals surface area contributed by atoms with E-state index in [0.29, 0.717) is 40.7 Å². The van der Waals surface area contributed by atoms with E-state index in [4.69, 9.17) is 16.3 Å². The molecule has 0 spiro atoms. The van der Waals surface area contributed by atoms with Gasteiger partial charge in [0.05, 0.1) is 17.8 Å². The van der Waals surface area contributed by atoms with E-state index < -0.39 is 0 Å². The number of para-hydroxylation sites is 4. The van der Waals surface area contributed by atoms with Gasteiger partial charge in [0.15, 0.2) is 0 Å². The highest BCUT2D eigenvalue weighted by atomic mass is 35.5. The molecule has 2 aromatic heterocycles. The van der Waals surface area contributed by atoms with Gasteiger partial charge in [-0.05, 0) is 97.6 Å². The van der Waals surface area contributed by atoms with Crippen molar-refractivity contribution in [1.82, 2.24) is 29.9 Å². The first kappa shape index (κ1) is 41.4. The maximum absolute atomic E-state index is 6.31. The zero-order chi connectivity index (χ0) is 42.4. The number of aromatic nitrogens is 6. The summed E-state index contributed by atoms with van der Waals surface area (Å²) in [5.41, 5.74) is 8.62. The van der Waals surface area contributed by atoms with E-state index in [0.717, 1.165) is 57.4 Å². The average Bonchev–Trinajstić information content (AvgIpc) is 3.26. The molecule has 0 radical (unpaired) electrons. The van der Waals surface area contributed by atoms with Crippen LogP contribution in [0.3, 0.4) is 0 Å². The number of aryl methyl sites for hydroxylation is 3. The van der Waals surface area contributed by atoms with Crippen molar-refractivity contribution in [1.29, 1.82) is 0 Å². The van der Waals surface area contributed by atoms with Crippen molar-refractivity contribution in [3.63, 3.8) is 0 Å². The Bertz CT molecular complexity index is 2700. The fourth-order valence-corrected chi connectivity index (χ4v) is 6.19. The number of ether oxygens (including phenoxy) is 1. The number of methoxy groups -OCH3 is 1. The predicted octanol–water partition coefficient (Wildman–Crippen LogP) is 12.0. The molecular weight excluding hydrogens is 784 g/mol. The SMILES string of the molecule is CCc1ccccc1Nc1nc(Nc2cccc(C)c2)nc(Nc2ccccc2Cl)n1.COc1cccc(Nc2nc(Nc3ccccc3)nc(Nc3ccccc3C)n2)c1. The minimum Gasteiger partial charge on any atom is -0.497 e. The average molecular weight is 829 g/mol. The maximum Gasteiger partial charge on any atom is 0.233 e. The Balaban J connectivity index is 0.000000184. The second kappa shape index (κ2) is 20.3. The predicted molar refractivity (Wildman–Crippen MR) is 248 cm³/mol. The summed E-state index contributed by atoms with van der Waals surface area (Å²) in [5, 5.41) is 20.1. The van der Waals surface area contributed by atoms with Crippen LogP contribution in [0, 0.1) is 13.8 Å². The molecule has 14 heteroatoms. The number of hydrogen-bond donors (Lipinski definition) is 6. The molecule has 13 nitrogen and oxygen atoms in total. The molecule has 8 aromatic rings. The molecule has 0 atom stereocenters. The van der Waals surface area contributed by atoms with E-state index in [1.807, 2.05) is 159 Å². The van der Waals surface area contributed by atoms with E-state index >= 15 is 0 Å². The van der Waals surface area contributed by atoms with Gasteiger partial charge in [-0.2, -0.15) is 29.9 Å². The molecule has 306 valence electrons. The number of rotatable bonds is 14. The third-order valence-electron chi connectivity index (χ3n) is 9.06. The Hall–Kier alpha value is -7.77. The molecule has 8 rings (SSSR count). The first-order chi connectivity index (χ1) is 29.8. The summed E-state index contributed by atoms with van der Waals surface area (Å²) in [7, 11) is 1.63. The standard InChI is InChI=1S/C24H23ClN6.C23H22N6O/c1-3-17-10-4-6-13-20(17)27-23-29-22(26-18-11-8-9-16(2)15-18)30-24(31-23)28-21-14-7-5-12-19(21)25;1-16-9-6-7-14-20(16)26-23-28-21(24-17-10-4-3-5-11-17)27-22(29-23)25-18-12-8-13-19(15-18)30-2/h4-15H,3H2,1-2H3,(H3,26,27,28,29,30,31);3-15H,1-2H3,(H3,24,25,26,27,28,29). The van der Waals surface area contributed by atoms with Crippen molar-refractivity contribution >= 4 is 81.4 Å². The van der Waals surface area contributed by atoms with Crippen LogP contribution in [-0.2, 0) is 6.42 Å². The Morgan fingerprint density at radius 2 is 0.902 bits per heavy atom. The van der Waals surface area contributed by atoms with E-state index in [-0.39, 0.29) is 0 Å². The largest absolute Gasteiger partial charge is 0.497 e. The van der Waals surface area contributed by atoms with Crippen LogP contribution < -0.4 is 36.6 Å². The topological polar surface area (TPSA) is 159 Å². The monoisotopic (exact) mass is 828 g/mol. The number of nitrogens with zero attached hydrogens (tertiary/aromatic N) is 6. The second-order valence-electron chi connectivity index (χ2n) is 13.6. The number of benzene rings is 6. The van der Waals surface area contributed by atoms with Crippen molar-refractivity contribution in [2.45, 2.75) is 27.2 Å². The van der Waals surface area contributed by atoms with Gasteiger partial charge in [0.1, 0.15) is 5.75 Å². The van der Waals surface area contributed by atoms with Crippen LogP contribution in [0.25, 0.3) is 0 Å². The molecule has 0 saturated carbocycles. The lowest BCUT2D eigenvalue weighted by Gasteiger charge is -2.13. The van der Waals surface area contributed by atoms with Gasteiger partial charge in [-0.15, -0.1) is 0 Å². The van der Waals surface area contributed by atoms with Gasteiger partial charge in [-0.1, -0.05) is 103 Å². The van der Waals surface area contributed by atoms with E-state index in [2.05, 4.69) is 74.8 Å². The Kier molecular flexibility index (Phi) is 13.8. The quantitative estimate of drug-likeness (QED) is 0.0615. The third kappa shape index (κ3) is 11.9. The maximum atomic E-state index is 6.31. The van der Waals surface area contributed by atoms with E-state index in [1.165, 1.54) is 5.56 Å². The van der Waals surface area contributed by atoms with E-state index in [9.17, 15) is 0 Å². The molecule has 6 N–H and O–H groups in total. The number of hydrogen-bond acceptors (Lipinski definition) is 13. The van der Waals surface area contributed by atoms with Gasteiger partial charge in [-0.25, -0.2) is 0 Å². The van der Waals surface area contributed by atoms with Crippen LogP contribution in [0.2, 0.25) is 5.02 Å². The molecule has 0 fully saturated rings. The van der Waals surface area contributed by atoms with Gasteiger partial charge < -0.3 is 36.6 Å². The van der Waals surface area contributed by atoms with Crippen LogP contribution >= 0.6 is 11.6 Å². The summed E-state index contributed by atoms with van der Waals surface area (Å²) in [6.07, 6.45) is 0.896. The first-order valence-electron chi connectivity index (χ1n) is 19.6. The Labute approximate surface area is 360 Å². The lowest BCUT2D eigenvalue weighted by molar-refractivity contribution is 0.415. The second-order valence-corrected chi connectivity index (χ2v) is 14.0. The highest BCUT2D eigenvalue weighted by Gasteiger charge is 2.12. The van der Waals surface area contributed by atoms with Crippen LogP contribution in [0.4, 0.5) is 69.8 Å². The zero-order valence-corrected chi connectivity index (χ0v) is 34.9. The van der Waals surface area contributed by atoms with Crippen LogP contribution in [0.5, 0.6) is 5.75 Å². The molecule has 2 heterocycles. The molecule has 0 aliphatic carbocycles. The lowest BCUT2D eigenvalue weighted by Crippen LogP contribution is -2.08. The van der Waals surface area contributed by atoms with E-state index in [1.54, 1.807) is 7.11 Å². The van der Waals surface area contributed by atoms with Gasteiger partial charge in [0, 0.05) is 34.5 Å². The van der Waals surface area contributed by atoms with Gasteiger partial charge in [0.2, 0.25) is 35.7 Å². The minimum atomic E-state index is 0.384. The summed E-state index contributed by atoms with van der Waals surface area (Å²) in [5.74, 6) is 3.26. The molecule has 0 amide bonds. The molecule has 0 bridgehead atoms. The molecule has 0 saturated heterocycles. The van der Waals surface area contributed by atoms with Crippen LogP contribution in [0.15, 0.2) is 152 Å². The smallest absolute Gasteiger partial charge is 0.233 e. The van der Waals surface area contributed by atoms with Gasteiger partial charge in [-0.3, -0.25) is 0 Å². The minimum absolute atomic E-state index is 0.384. The highest BCUT2D eigenvalue weighted by Crippen LogP contribution is 2.28. The summed E-state index contributed by atoms with van der Waals surface area (Å²) in [6.45, 7) is 6.18. The lowest BCUT2D eigenvalue weighted by atomic mass is 10.1.